The lowest BCUT2D eigenvalue weighted by molar-refractivity contribution is -0.148. The zero-order valence-electron chi connectivity index (χ0n) is 11.2. The van der Waals surface area contributed by atoms with Crippen molar-refractivity contribution in [2.24, 2.45) is 0 Å². The molecule has 1 aliphatic carbocycles. The molecular formula is C13H22N2O3. The van der Waals surface area contributed by atoms with Crippen LogP contribution in [0.5, 0.6) is 0 Å². The van der Waals surface area contributed by atoms with Crippen LogP contribution in [0.3, 0.4) is 0 Å². The van der Waals surface area contributed by atoms with Crippen molar-refractivity contribution in [3.63, 3.8) is 0 Å². The van der Waals surface area contributed by atoms with Gasteiger partial charge in [-0.3, -0.25) is 0 Å². The topological polar surface area (TPSA) is 60.9 Å². The molecule has 1 atom stereocenters. The number of amides is 2. The molecule has 2 rings (SSSR count). The van der Waals surface area contributed by atoms with Gasteiger partial charge in [0.15, 0.2) is 0 Å². The summed E-state index contributed by atoms with van der Waals surface area (Å²) in [7, 11) is 0. The molecule has 5 heteroatoms. The van der Waals surface area contributed by atoms with Crippen molar-refractivity contribution in [3.05, 3.63) is 0 Å². The lowest BCUT2D eigenvalue weighted by atomic mass is 9.93. The number of nitrogens with zero attached hydrogens (tertiary/aromatic N) is 2. The quantitative estimate of drug-likeness (QED) is 0.833. The largest absolute Gasteiger partial charge is 0.479 e. The molecule has 0 aromatic heterocycles. The summed E-state index contributed by atoms with van der Waals surface area (Å²) >= 11 is 0. The van der Waals surface area contributed by atoms with Gasteiger partial charge >= 0.3 is 12.0 Å². The van der Waals surface area contributed by atoms with Gasteiger partial charge in [-0.25, -0.2) is 9.59 Å². The molecule has 2 fully saturated rings. The number of hydrogen-bond acceptors (Lipinski definition) is 2. The average Bonchev–Trinajstić information content (AvgIpc) is 3.08. The zero-order valence-corrected chi connectivity index (χ0v) is 11.2. The van der Waals surface area contributed by atoms with Crippen molar-refractivity contribution >= 4 is 12.0 Å². The van der Waals surface area contributed by atoms with Gasteiger partial charge in [-0.15, -0.1) is 0 Å². The third-order valence-electron chi connectivity index (χ3n) is 4.28. The first-order chi connectivity index (χ1) is 8.56. The molecule has 18 heavy (non-hydrogen) atoms. The fraction of sp³-hybridized carbons (Fsp3) is 0.846. The molecule has 1 aliphatic heterocycles. The summed E-state index contributed by atoms with van der Waals surface area (Å²) in [6.07, 6.45) is 3.95. The highest BCUT2D eigenvalue weighted by Crippen LogP contribution is 2.36. The van der Waals surface area contributed by atoms with Crippen molar-refractivity contribution in [2.45, 2.75) is 57.5 Å². The van der Waals surface area contributed by atoms with Crippen molar-refractivity contribution in [2.75, 3.05) is 13.1 Å². The second kappa shape index (κ2) is 4.78. The average molecular weight is 254 g/mol. The number of likely N-dealkylation sites (tertiary alicyclic amines) is 1. The SMILES string of the molecule is CCN(C(=O)N1CCCC1(CC)C(=O)O)C1CC1. The molecule has 1 saturated heterocycles. The number of aliphatic carboxylic acids is 1. The molecule has 1 saturated carbocycles. The fourth-order valence-corrected chi connectivity index (χ4v) is 2.99. The van der Waals surface area contributed by atoms with Crippen LogP contribution in [0.15, 0.2) is 0 Å². The Bertz CT molecular complexity index is 354. The van der Waals surface area contributed by atoms with Crippen molar-refractivity contribution < 1.29 is 14.7 Å². The molecule has 1 heterocycles. The lowest BCUT2D eigenvalue weighted by Crippen LogP contribution is -2.56. The van der Waals surface area contributed by atoms with Gasteiger partial charge in [0.05, 0.1) is 0 Å². The Hall–Kier alpha value is -1.26. The van der Waals surface area contributed by atoms with Crippen LogP contribution in [0.1, 0.15) is 46.0 Å². The van der Waals surface area contributed by atoms with E-state index in [1.54, 1.807) is 4.90 Å². The van der Waals surface area contributed by atoms with Gasteiger partial charge in [-0.2, -0.15) is 0 Å². The zero-order chi connectivity index (χ0) is 13.3. The maximum atomic E-state index is 12.5. The number of carboxylic acid groups (broad SMARTS) is 1. The van der Waals surface area contributed by atoms with E-state index in [2.05, 4.69) is 0 Å². The summed E-state index contributed by atoms with van der Waals surface area (Å²) in [6.45, 7) is 5.05. The number of carbonyl (C=O) groups excluding carboxylic acids is 1. The van der Waals surface area contributed by atoms with E-state index in [0.717, 1.165) is 19.3 Å². The van der Waals surface area contributed by atoms with E-state index in [1.807, 2.05) is 18.7 Å². The summed E-state index contributed by atoms with van der Waals surface area (Å²) in [6, 6.07) is 0.258. The number of carboxylic acids is 1. The fourth-order valence-electron chi connectivity index (χ4n) is 2.99. The van der Waals surface area contributed by atoms with Gasteiger partial charge < -0.3 is 14.9 Å². The smallest absolute Gasteiger partial charge is 0.329 e. The summed E-state index contributed by atoms with van der Waals surface area (Å²) < 4.78 is 0. The first-order valence-corrected chi connectivity index (χ1v) is 6.88. The van der Waals surface area contributed by atoms with Crippen LogP contribution in [0.2, 0.25) is 0 Å². The van der Waals surface area contributed by atoms with Gasteiger partial charge in [0.1, 0.15) is 5.54 Å². The molecule has 0 spiro atoms. The Kier molecular flexibility index (Phi) is 3.50. The van der Waals surface area contributed by atoms with Crippen LogP contribution in [0.4, 0.5) is 4.79 Å². The first kappa shape index (κ1) is 13.2. The van der Waals surface area contributed by atoms with E-state index in [0.29, 0.717) is 32.0 Å². The van der Waals surface area contributed by atoms with E-state index in [-0.39, 0.29) is 6.03 Å². The van der Waals surface area contributed by atoms with Crippen LogP contribution in [-0.2, 0) is 4.79 Å². The molecule has 5 nitrogen and oxygen atoms in total. The molecule has 0 radical (unpaired) electrons. The lowest BCUT2D eigenvalue weighted by Gasteiger charge is -2.37. The molecule has 0 aromatic carbocycles. The Balaban J connectivity index is 2.19. The monoisotopic (exact) mass is 254 g/mol. The standard InChI is InChI=1S/C13H22N2O3/c1-3-13(11(16)17)8-5-9-15(13)12(18)14(4-2)10-6-7-10/h10H,3-9H2,1-2H3,(H,16,17). The van der Waals surface area contributed by atoms with Gasteiger partial charge in [0, 0.05) is 19.1 Å². The number of rotatable bonds is 4. The summed E-state index contributed by atoms with van der Waals surface area (Å²) in [5.74, 6) is -0.859. The Morgan fingerprint density at radius 3 is 2.50 bits per heavy atom. The second-order valence-corrected chi connectivity index (χ2v) is 5.25. The van der Waals surface area contributed by atoms with Crippen molar-refractivity contribution in [1.29, 1.82) is 0 Å². The molecule has 2 aliphatic rings. The van der Waals surface area contributed by atoms with Crippen LogP contribution in [0, 0.1) is 0 Å². The highest BCUT2D eigenvalue weighted by molar-refractivity contribution is 5.87. The molecule has 0 aromatic rings. The third kappa shape index (κ3) is 1.95. The van der Waals surface area contributed by atoms with Gasteiger partial charge in [-0.1, -0.05) is 6.92 Å². The normalized spacial score (nSPS) is 27.3. The maximum Gasteiger partial charge on any atom is 0.329 e. The number of urea groups is 1. The highest BCUT2D eigenvalue weighted by atomic mass is 16.4. The van der Waals surface area contributed by atoms with Gasteiger partial charge in [0.25, 0.3) is 0 Å². The maximum absolute atomic E-state index is 12.5. The predicted molar refractivity (Wildman–Crippen MR) is 67.4 cm³/mol. The van der Waals surface area contributed by atoms with E-state index in [9.17, 15) is 14.7 Å². The van der Waals surface area contributed by atoms with Crippen LogP contribution in [-0.4, -0.2) is 51.6 Å². The van der Waals surface area contributed by atoms with Gasteiger partial charge in [-0.05, 0) is 39.0 Å². The summed E-state index contributed by atoms with van der Waals surface area (Å²) in [5, 5.41) is 9.48. The Labute approximate surface area is 108 Å². The highest BCUT2D eigenvalue weighted by Gasteiger charge is 2.50. The van der Waals surface area contributed by atoms with Crippen LogP contribution < -0.4 is 0 Å². The minimum Gasteiger partial charge on any atom is -0.479 e. The first-order valence-electron chi connectivity index (χ1n) is 6.88. The molecule has 1 unspecified atom stereocenters. The second-order valence-electron chi connectivity index (χ2n) is 5.25. The van der Waals surface area contributed by atoms with Gasteiger partial charge in [0.2, 0.25) is 0 Å². The summed E-state index contributed by atoms with van der Waals surface area (Å²) in [4.78, 5) is 27.5. The van der Waals surface area contributed by atoms with E-state index in [1.165, 1.54) is 0 Å². The van der Waals surface area contributed by atoms with Crippen molar-refractivity contribution in [1.82, 2.24) is 9.80 Å². The molecule has 0 bridgehead atoms. The molecular weight excluding hydrogens is 232 g/mol. The number of hydrogen-bond donors (Lipinski definition) is 1. The van der Waals surface area contributed by atoms with Crippen molar-refractivity contribution in [3.8, 4) is 0 Å². The third-order valence-corrected chi connectivity index (χ3v) is 4.28. The van der Waals surface area contributed by atoms with E-state index >= 15 is 0 Å². The van der Waals surface area contributed by atoms with Crippen LogP contribution >= 0.6 is 0 Å². The Morgan fingerprint density at radius 1 is 1.39 bits per heavy atom. The molecule has 1 N–H and O–H groups in total. The predicted octanol–water partition coefficient (Wildman–Crippen LogP) is 1.92. The molecule has 102 valence electrons. The van der Waals surface area contributed by atoms with E-state index < -0.39 is 11.5 Å². The van der Waals surface area contributed by atoms with E-state index in [4.69, 9.17) is 0 Å². The Morgan fingerprint density at radius 2 is 2.06 bits per heavy atom. The molecule has 2 amide bonds. The van der Waals surface area contributed by atoms with Crippen LogP contribution in [0.25, 0.3) is 0 Å². The minimum atomic E-state index is -0.973. The number of carbonyl (C=O) groups is 2. The summed E-state index contributed by atoms with van der Waals surface area (Å²) in [5.41, 5.74) is -0.973. The minimum absolute atomic E-state index is 0.0817.